The molecule has 1 rings (SSSR count). The van der Waals surface area contributed by atoms with Gasteiger partial charge in [-0.05, 0) is 18.8 Å². The molecule has 0 spiro atoms. The van der Waals surface area contributed by atoms with Crippen molar-refractivity contribution in [2.45, 2.75) is 51.0 Å². The summed E-state index contributed by atoms with van der Waals surface area (Å²) in [4.78, 5) is 44.4. The number of hydrogen-bond donors (Lipinski definition) is 3. The molecule has 1 aliphatic carbocycles. The minimum atomic E-state index is -1.04. The van der Waals surface area contributed by atoms with E-state index < -0.39 is 24.0 Å². The van der Waals surface area contributed by atoms with Crippen LogP contribution in [0.5, 0.6) is 0 Å². The lowest BCUT2D eigenvalue weighted by atomic mass is 9.86. The van der Waals surface area contributed by atoms with E-state index in [9.17, 15) is 24.3 Å². The summed E-state index contributed by atoms with van der Waals surface area (Å²) in [6, 6.07) is 0. The largest absolute Gasteiger partial charge is 0.481 e. The number of carboxylic acids is 2. The second kappa shape index (κ2) is 9.19. The van der Waals surface area contributed by atoms with Gasteiger partial charge in [-0.2, -0.15) is 0 Å². The highest BCUT2D eigenvalue weighted by Gasteiger charge is 2.40. The number of aliphatic hydroxyl groups is 1. The first kappa shape index (κ1) is 19.0. The van der Waals surface area contributed by atoms with Crippen molar-refractivity contribution in [3.05, 3.63) is 12.2 Å². The van der Waals surface area contributed by atoms with Crippen molar-refractivity contribution in [1.29, 1.82) is 0 Å². The lowest BCUT2D eigenvalue weighted by Gasteiger charge is -2.19. The van der Waals surface area contributed by atoms with Crippen molar-refractivity contribution in [3.63, 3.8) is 0 Å². The van der Waals surface area contributed by atoms with Gasteiger partial charge in [0, 0.05) is 25.2 Å². The zero-order valence-electron chi connectivity index (χ0n) is 12.8. The number of ketones is 2. The molecule has 0 amide bonds. The molecule has 0 unspecified atom stereocenters. The highest BCUT2D eigenvalue weighted by Crippen LogP contribution is 2.35. The highest BCUT2D eigenvalue weighted by molar-refractivity contribution is 5.86. The van der Waals surface area contributed by atoms with E-state index in [1.54, 1.807) is 6.08 Å². The van der Waals surface area contributed by atoms with E-state index in [4.69, 9.17) is 10.2 Å². The first-order valence-corrected chi connectivity index (χ1v) is 7.62. The predicted octanol–water partition coefficient (Wildman–Crippen LogP) is 1.19. The average Bonchev–Trinajstić information content (AvgIpc) is 2.72. The molecule has 0 aromatic carbocycles. The Morgan fingerprint density at radius 3 is 2.35 bits per heavy atom. The van der Waals surface area contributed by atoms with Crippen molar-refractivity contribution in [3.8, 4) is 0 Å². The molecule has 0 aromatic rings. The number of aliphatic carboxylic acids is 2. The molecule has 0 bridgehead atoms. The van der Waals surface area contributed by atoms with Crippen LogP contribution in [0.1, 0.15) is 44.9 Å². The van der Waals surface area contributed by atoms with E-state index in [2.05, 4.69) is 0 Å². The van der Waals surface area contributed by atoms with Gasteiger partial charge < -0.3 is 15.3 Å². The van der Waals surface area contributed by atoms with E-state index >= 15 is 0 Å². The SMILES string of the molecule is O=C(O)C/C=C/C[C@H]1[C@@H](O)CC(=O)[C@@H]1CCC(=O)CCC(=O)O. The minimum absolute atomic E-state index is 0.0470. The predicted molar refractivity (Wildman–Crippen MR) is 79.7 cm³/mol. The Labute approximate surface area is 134 Å². The van der Waals surface area contributed by atoms with Crippen LogP contribution in [0, 0.1) is 11.8 Å². The summed E-state index contributed by atoms with van der Waals surface area (Å²) in [5.74, 6) is -3.05. The number of rotatable bonds is 10. The van der Waals surface area contributed by atoms with Gasteiger partial charge in [0.15, 0.2) is 0 Å². The minimum Gasteiger partial charge on any atom is -0.481 e. The molecule has 1 aliphatic rings. The molecule has 128 valence electrons. The third-order valence-corrected chi connectivity index (χ3v) is 4.05. The van der Waals surface area contributed by atoms with Crippen molar-refractivity contribution in [2.24, 2.45) is 11.8 Å². The molecule has 0 aliphatic heterocycles. The smallest absolute Gasteiger partial charge is 0.307 e. The summed E-state index contributed by atoms with van der Waals surface area (Å²) in [5, 5.41) is 27.0. The zero-order valence-corrected chi connectivity index (χ0v) is 12.8. The van der Waals surface area contributed by atoms with Gasteiger partial charge in [0.25, 0.3) is 0 Å². The van der Waals surface area contributed by atoms with Crippen LogP contribution in [-0.4, -0.2) is 44.9 Å². The monoisotopic (exact) mass is 326 g/mol. The van der Waals surface area contributed by atoms with E-state index in [0.29, 0.717) is 12.8 Å². The van der Waals surface area contributed by atoms with Crippen molar-refractivity contribution in [1.82, 2.24) is 0 Å². The fourth-order valence-electron chi connectivity index (χ4n) is 2.84. The molecule has 0 aromatic heterocycles. The fourth-order valence-corrected chi connectivity index (χ4v) is 2.84. The Morgan fingerprint density at radius 2 is 1.74 bits per heavy atom. The molecule has 1 fully saturated rings. The van der Waals surface area contributed by atoms with Crippen molar-refractivity contribution in [2.75, 3.05) is 0 Å². The topological polar surface area (TPSA) is 129 Å². The van der Waals surface area contributed by atoms with Gasteiger partial charge in [-0.15, -0.1) is 0 Å². The Kier molecular flexibility index (Phi) is 7.61. The molecule has 3 N–H and O–H groups in total. The number of hydrogen-bond acceptors (Lipinski definition) is 5. The third-order valence-electron chi connectivity index (χ3n) is 4.05. The van der Waals surface area contributed by atoms with Gasteiger partial charge >= 0.3 is 11.9 Å². The van der Waals surface area contributed by atoms with Gasteiger partial charge in [0.2, 0.25) is 0 Å². The molecule has 3 atom stereocenters. The van der Waals surface area contributed by atoms with Crippen LogP contribution in [0.4, 0.5) is 0 Å². The Balaban J connectivity index is 2.50. The molecule has 0 radical (unpaired) electrons. The second-order valence-electron chi connectivity index (χ2n) is 5.78. The standard InChI is InChI=1S/C16H22O7/c17-10(6-8-16(22)23)5-7-12-11(13(18)9-14(12)19)3-1-2-4-15(20)21/h1-2,11-13,18H,3-9H2,(H,20,21)(H,22,23)/b2-1+/t11-,12-,13+/m1/s1. The number of carbonyl (C=O) groups excluding carboxylic acids is 2. The quantitative estimate of drug-likeness (QED) is 0.514. The van der Waals surface area contributed by atoms with Crippen LogP contribution in [-0.2, 0) is 19.2 Å². The van der Waals surface area contributed by atoms with Crippen LogP contribution in [0.25, 0.3) is 0 Å². The van der Waals surface area contributed by atoms with Crippen LogP contribution in [0.3, 0.4) is 0 Å². The normalized spacial score (nSPS) is 24.2. The summed E-state index contributed by atoms with van der Waals surface area (Å²) >= 11 is 0. The lowest BCUT2D eigenvalue weighted by molar-refractivity contribution is -0.138. The van der Waals surface area contributed by atoms with Gasteiger partial charge in [-0.25, -0.2) is 0 Å². The van der Waals surface area contributed by atoms with Crippen molar-refractivity contribution < 1.29 is 34.5 Å². The van der Waals surface area contributed by atoms with Crippen LogP contribution in [0.2, 0.25) is 0 Å². The molecular weight excluding hydrogens is 304 g/mol. The number of Topliss-reactive ketones (excluding diaryl/α,β-unsaturated/α-hetero) is 2. The number of allylic oxidation sites excluding steroid dienone is 1. The summed E-state index contributed by atoms with van der Waals surface area (Å²) in [6.45, 7) is 0. The Bertz CT molecular complexity index is 495. The first-order chi connectivity index (χ1) is 10.8. The van der Waals surface area contributed by atoms with Crippen LogP contribution < -0.4 is 0 Å². The Hall–Kier alpha value is -2.02. The molecular formula is C16H22O7. The molecule has 1 saturated carbocycles. The van der Waals surface area contributed by atoms with Gasteiger partial charge in [0.05, 0.1) is 18.9 Å². The summed E-state index contributed by atoms with van der Waals surface area (Å²) in [7, 11) is 0. The molecule has 7 nitrogen and oxygen atoms in total. The maximum Gasteiger partial charge on any atom is 0.307 e. The summed E-state index contributed by atoms with van der Waals surface area (Å²) in [6.07, 6.45) is 2.79. The maximum absolute atomic E-state index is 11.9. The lowest BCUT2D eigenvalue weighted by Crippen LogP contribution is -2.21. The maximum atomic E-state index is 11.9. The number of carboxylic acid groups (broad SMARTS) is 2. The van der Waals surface area contributed by atoms with E-state index in [0.717, 1.165) is 0 Å². The highest BCUT2D eigenvalue weighted by atomic mass is 16.4. The average molecular weight is 326 g/mol. The molecule has 23 heavy (non-hydrogen) atoms. The van der Waals surface area contributed by atoms with Gasteiger partial charge in [-0.3, -0.25) is 19.2 Å². The third kappa shape index (κ3) is 6.73. The molecule has 0 heterocycles. The molecule has 7 heteroatoms. The van der Waals surface area contributed by atoms with Crippen molar-refractivity contribution >= 4 is 23.5 Å². The van der Waals surface area contributed by atoms with E-state index in [1.165, 1.54) is 6.08 Å². The van der Waals surface area contributed by atoms with Crippen LogP contribution in [0.15, 0.2) is 12.2 Å². The summed E-state index contributed by atoms with van der Waals surface area (Å²) in [5.41, 5.74) is 0. The zero-order chi connectivity index (χ0) is 17.4. The fraction of sp³-hybridized carbons (Fsp3) is 0.625. The van der Waals surface area contributed by atoms with E-state index in [1.807, 2.05) is 0 Å². The molecule has 0 saturated heterocycles. The Morgan fingerprint density at radius 1 is 1.04 bits per heavy atom. The van der Waals surface area contributed by atoms with Crippen LogP contribution >= 0.6 is 0 Å². The second-order valence-corrected chi connectivity index (χ2v) is 5.78. The van der Waals surface area contributed by atoms with Gasteiger partial charge in [-0.1, -0.05) is 12.2 Å². The van der Waals surface area contributed by atoms with E-state index in [-0.39, 0.29) is 49.6 Å². The van der Waals surface area contributed by atoms with Gasteiger partial charge in [0.1, 0.15) is 11.6 Å². The summed E-state index contributed by atoms with van der Waals surface area (Å²) < 4.78 is 0. The number of aliphatic hydroxyl groups excluding tert-OH is 1. The first-order valence-electron chi connectivity index (χ1n) is 7.62. The number of carbonyl (C=O) groups is 4.